The number of rotatable bonds is 5. The van der Waals surface area contributed by atoms with Crippen molar-refractivity contribution < 1.29 is 5.11 Å². The van der Waals surface area contributed by atoms with E-state index in [-0.39, 0.29) is 12.5 Å². The molecule has 0 aromatic heterocycles. The molecule has 0 N–H and O–H groups in total. The first kappa shape index (κ1) is 11.2. The number of alkyl halides is 1. The van der Waals surface area contributed by atoms with E-state index in [9.17, 15) is 5.11 Å². The van der Waals surface area contributed by atoms with Crippen molar-refractivity contribution in [2.45, 2.75) is 25.1 Å². The van der Waals surface area contributed by atoms with Gasteiger partial charge in [-0.05, 0) is 18.3 Å². The second kappa shape index (κ2) is 5.78. The molecular formula is C9H16BrO. The van der Waals surface area contributed by atoms with Crippen LogP contribution in [0.25, 0.3) is 0 Å². The molecule has 1 nitrogen and oxygen atoms in total. The Morgan fingerprint density at radius 1 is 1.45 bits per heavy atom. The highest BCUT2D eigenvalue weighted by atomic mass is 79.9. The molecule has 11 heavy (non-hydrogen) atoms. The van der Waals surface area contributed by atoms with Crippen molar-refractivity contribution in [2.75, 3.05) is 6.61 Å². The molecule has 0 aliphatic rings. The molecule has 0 aliphatic heterocycles. The summed E-state index contributed by atoms with van der Waals surface area (Å²) in [5.74, 6) is 0.724. The Kier molecular flexibility index (Phi) is 5.88. The van der Waals surface area contributed by atoms with Crippen LogP contribution in [0.3, 0.4) is 0 Å². The molecule has 2 heteroatoms. The van der Waals surface area contributed by atoms with Gasteiger partial charge >= 0.3 is 0 Å². The molecule has 0 aliphatic carbocycles. The summed E-state index contributed by atoms with van der Waals surface area (Å²) in [4.78, 5) is 0.331. The fraction of sp³-hybridized carbons (Fsp3) is 0.778. The zero-order valence-electron chi connectivity index (χ0n) is 7.22. The standard InChI is InChI=1S/C9H16BrO/c1-4-5-7(2)9(10)8(3)6-11/h4,7-9H,1,5-6H2,2-3H3. The highest BCUT2D eigenvalue weighted by Gasteiger charge is 2.19. The first-order valence-corrected chi connectivity index (χ1v) is 4.88. The molecule has 0 aromatic rings. The Morgan fingerprint density at radius 2 is 2.00 bits per heavy atom. The van der Waals surface area contributed by atoms with Crippen molar-refractivity contribution >= 4 is 15.9 Å². The predicted molar refractivity (Wildman–Crippen MR) is 51.4 cm³/mol. The summed E-state index contributed by atoms with van der Waals surface area (Å²) in [5.41, 5.74) is 0. The van der Waals surface area contributed by atoms with E-state index in [0.717, 1.165) is 6.42 Å². The van der Waals surface area contributed by atoms with E-state index in [1.54, 1.807) is 0 Å². The number of halogens is 1. The maximum absolute atomic E-state index is 10.5. The van der Waals surface area contributed by atoms with E-state index >= 15 is 0 Å². The molecule has 0 fully saturated rings. The molecule has 0 amide bonds. The molecule has 0 bridgehead atoms. The van der Waals surface area contributed by atoms with Crippen LogP contribution in [-0.2, 0) is 5.11 Å². The quantitative estimate of drug-likeness (QED) is 0.501. The minimum absolute atomic E-state index is 0.00258. The van der Waals surface area contributed by atoms with Crippen LogP contribution in [0.15, 0.2) is 12.7 Å². The first-order chi connectivity index (χ1) is 5.13. The summed E-state index contributed by atoms with van der Waals surface area (Å²) in [6.07, 6.45) is 2.87. The summed E-state index contributed by atoms with van der Waals surface area (Å²) >= 11 is 3.52. The summed E-state index contributed by atoms with van der Waals surface area (Å²) in [5, 5.41) is 10.5. The van der Waals surface area contributed by atoms with Gasteiger partial charge in [-0.2, -0.15) is 0 Å². The first-order valence-electron chi connectivity index (χ1n) is 3.96. The molecule has 0 aromatic carbocycles. The molecule has 3 unspecified atom stereocenters. The average Bonchev–Trinajstić information content (AvgIpc) is 2.02. The number of hydrogen-bond donors (Lipinski definition) is 0. The van der Waals surface area contributed by atoms with Crippen molar-refractivity contribution in [1.82, 2.24) is 0 Å². The Hall–Kier alpha value is 0.180. The fourth-order valence-electron chi connectivity index (χ4n) is 1.05. The van der Waals surface area contributed by atoms with Gasteiger partial charge in [0, 0.05) is 4.83 Å². The van der Waals surface area contributed by atoms with Gasteiger partial charge in [0.1, 0.15) is 0 Å². The molecule has 0 heterocycles. The van der Waals surface area contributed by atoms with Crippen molar-refractivity contribution in [2.24, 2.45) is 11.8 Å². The maximum atomic E-state index is 10.5. The van der Waals surface area contributed by atoms with E-state index < -0.39 is 0 Å². The second-order valence-corrected chi connectivity index (χ2v) is 4.15. The molecule has 0 saturated heterocycles. The SMILES string of the molecule is C=CCC(C)C(Br)C(C)C[O]. The lowest BCUT2D eigenvalue weighted by Crippen LogP contribution is -2.21. The van der Waals surface area contributed by atoms with Gasteiger partial charge in [-0.15, -0.1) is 6.58 Å². The Balaban J connectivity index is 3.79. The lowest BCUT2D eigenvalue weighted by Gasteiger charge is -2.21. The maximum Gasteiger partial charge on any atom is 0.0858 e. The van der Waals surface area contributed by atoms with E-state index in [1.165, 1.54) is 0 Å². The largest absolute Gasteiger partial charge is 0.236 e. The summed E-state index contributed by atoms with van der Waals surface area (Å²) in [6.45, 7) is 7.78. The Bertz CT molecular complexity index is 114. The lowest BCUT2D eigenvalue weighted by atomic mass is 9.95. The Morgan fingerprint density at radius 3 is 2.36 bits per heavy atom. The average molecular weight is 220 g/mol. The van der Waals surface area contributed by atoms with Crippen molar-refractivity contribution in [3.8, 4) is 0 Å². The number of hydrogen-bond acceptors (Lipinski definition) is 0. The third-order valence-corrected chi connectivity index (χ3v) is 3.69. The van der Waals surface area contributed by atoms with Crippen molar-refractivity contribution in [3.05, 3.63) is 12.7 Å². The second-order valence-electron chi connectivity index (χ2n) is 3.09. The van der Waals surface area contributed by atoms with Gasteiger partial charge in [-0.3, -0.25) is 0 Å². The molecule has 0 spiro atoms. The minimum atomic E-state index is -0.00258. The highest BCUT2D eigenvalue weighted by Crippen LogP contribution is 2.23. The van der Waals surface area contributed by atoms with Crippen LogP contribution in [0.5, 0.6) is 0 Å². The van der Waals surface area contributed by atoms with Crippen LogP contribution in [0.2, 0.25) is 0 Å². The third-order valence-electron chi connectivity index (χ3n) is 1.89. The van der Waals surface area contributed by atoms with Crippen LogP contribution in [0, 0.1) is 11.8 Å². The minimum Gasteiger partial charge on any atom is -0.236 e. The monoisotopic (exact) mass is 219 g/mol. The molecular weight excluding hydrogens is 204 g/mol. The van der Waals surface area contributed by atoms with Gasteiger partial charge in [-0.1, -0.05) is 35.9 Å². The van der Waals surface area contributed by atoms with Gasteiger partial charge in [0.05, 0.1) is 6.61 Å². The molecule has 0 rings (SSSR count). The molecule has 65 valence electrons. The highest BCUT2D eigenvalue weighted by molar-refractivity contribution is 9.09. The van der Waals surface area contributed by atoms with E-state index in [2.05, 4.69) is 29.4 Å². The van der Waals surface area contributed by atoms with Gasteiger partial charge in [0.25, 0.3) is 0 Å². The smallest absolute Gasteiger partial charge is 0.0858 e. The van der Waals surface area contributed by atoms with E-state index in [1.807, 2.05) is 13.0 Å². The van der Waals surface area contributed by atoms with Gasteiger partial charge in [0.15, 0.2) is 0 Å². The van der Waals surface area contributed by atoms with Crippen molar-refractivity contribution in [1.29, 1.82) is 0 Å². The summed E-state index contributed by atoms with van der Waals surface area (Å²) < 4.78 is 0. The zero-order chi connectivity index (χ0) is 8.85. The predicted octanol–water partition coefficient (Wildman–Crippen LogP) is 3.03. The zero-order valence-corrected chi connectivity index (χ0v) is 8.80. The topological polar surface area (TPSA) is 19.9 Å². The van der Waals surface area contributed by atoms with Gasteiger partial charge < -0.3 is 0 Å². The molecule has 1 radical (unpaired) electrons. The van der Waals surface area contributed by atoms with Gasteiger partial charge in [-0.25, -0.2) is 5.11 Å². The number of allylic oxidation sites excluding steroid dienone is 1. The van der Waals surface area contributed by atoms with Crippen LogP contribution in [-0.4, -0.2) is 11.4 Å². The molecule has 0 saturated carbocycles. The van der Waals surface area contributed by atoms with Crippen LogP contribution < -0.4 is 0 Å². The molecule has 3 atom stereocenters. The Labute approximate surface area is 77.6 Å². The lowest BCUT2D eigenvalue weighted by molar-refractivity contribution is 0.143. The van der Waals surface area contributed by atoms with E-state index in [4.69, 9.17) is 0 Å². The summed E-state index contributed by atoms with van der Waals surface area (Å²) in [7, 11) is 0. The fourth-order valence-corrected chi connectivity index (χ4v) is 1.41. The summed E-state index contributed by atoms with van der Waals surface area (Å²) in [6, 6.07) is 0. The van der Waals surface area contributed by atoms with E-state index in [0.29, 0.717) is 10.7 Å². The van der Waals surface area contributed by atoms with Crippen LogP contribution in [0.4, 0.5) is 0 Å². The van der Waals surface area contributed by atoms with Crippen molar-refractivity contribution in [3.63, 3.8) is 0 Å². The third kappa shape index (κ3) is 3.92. The van der Waals surface area contributed by atoms with Gasteiger partial charge in [0.2, 0.25) is 0 Å². The van der Waals surface area contributed by atoms with Crippen LogP contribution in [0.1, 0.15) is 20.3 Å². The normalized spacial score (nSPS) is 18.9. The van der Waals surface area contributed by atoms with Crippen LogP contribution >= 0.6 is 15.9 Å².